The van der Waals surface area contributed by atoms with E-state index < -0.39 is 18.6 Å². The van der Waals surface area contributed by atoms with Crippen LogP contribution in [0.5, 0.6) is 0 Å². The monoisotopic (exact) mass is 463 g/mol. The molecule has 3 N–H and O–H groups in total. The van der Waals surface area contributed by atoms with Gasteiger partial charge in [0.1, 0.15) is 12.2 Å². The average molecular weight is 463 g/mol. The van der Waals surface area contributed by atoms with E-state index in [1.807, 2.05) is 0 Å². The number of alkyl halides is 3. The van der Waals surface area contributed by atoms with Crippen LogP contribution in [0.4, 0.5) is 18.9 Å². The van der Waals surface area contributed by atoms with Crippen molar-refractivity contribution in [2.24, 2.45) is 0 Å². The van der Waals surface area contributed by atoms with Gasteiger partial charge in [0.05, 0.1) is 36.9 Å². The van der Waals surface area contributed by atoms with E-state index in [4.69, 9.17) is 15.0 Å². The van der Waals surface area contributed by atoms with Gasteiger partial charge < -0.3 is 29.4 Å². The molecule has 3 heterocycles. The number of hydrogen-bond acceptors (Lipinski definition) is 7. The Bertz CT molecular complexity index is 1280. The summed E-state index contributed by atoms with van der Waals surface area (Å²) in [5.41, 5.74) is 6.97. The first-order chi connectivity index (χ1) is 15.8. The normalized spacial score (nSPS) is 11.9. The molecule has 13 heteroatoms. The van der Waals surface area contributed by atoms with E-state index in [0.717, 1.165) is 4.57 Å². The number of nitrogens with two attached hydrogens (primary N) is 1. The number of nitrogen functional groups attached to an aromatic ring is 1. The second-order valence-electron chi connectivity index (χ2n) is 7.17. The van der Waals surface area contributed by atoms with Gasteiger partial charge in [-0.3, -0.25) is 4.79 Å². The zero-order chi connectivity index (χ0) is 23.6. The van der Waals surface area contributed by atoms with Gasteiger partial charge in [0.2, 0.25) is 11.7 Å². The van der Waals surface area contributed by atoms with E-state index in [9.17, 15) is 18.0 Å². The number of ether oxygens (including phenoxy) is 1. The Morgan fingerprint density at radius 1 is 1.33 bits per heavy atom. The molecule has 1 amide bonds. The molecule has 0 saturated heterocycles. The van der Waals surface area contributed by atoms with Gasteiger partial charge in [-0.1, -0.05) is 11.2 Å². The topological polar surface area (TPSA) is 126 Å². The number of halogens is 3. The van der Waals surface area contributed by atoms with Gasteiger partial charge in [0, 0.05) is 24.7 Å². The number of amides is 1. The molecule has 0 bridgehead atoms. The zero-order valence-corrected chi connectivity index (χ0v) is 17.5. The van der Waals surface area contributed by atoms with Crippen LogP contribution < -0.4 is 11.1 Å². The van der Waals surface area contributed by atoms with E-state index >= 15 is 0 Å². The lowest BCUT2D eigenvalue weighted by molar-refractivity contribution is -0.139. The third-order valence-corrected chi connectivity index (χ3v) is 4.90. The van der Waals surface area contributed by atoms with Gasteiger partial charge in [-0.15, -0.1) is 0 Å². The van der Waals surface area contributed by atoms with E-state index in [1.54, 1.807) is 23.8 Å². The van der Waals surface area contributed by atoms with E-state index in [1.165, 1.54) is 24.7 Å². The molecule has 1 aromatic carbocycles. The second kappa shape index (κ2) is 8.94. The highest BCUT2D eigenvalue weighted by molar-refractivity contribution is 5.95. The lowest BCUT2D eigenvalue weighted by Gasteiger charge is -2.11. The molecule has 0 radical (unpaired) electrons. The highest BCUT2D eigenvalue weighted by atomic mass is 19.4. The molecule has 0 spiro atoms. The Morgan fingerprint density at radius 3 is 2.91 bits per heavy atom. The van der Waals surface area contributed by atoms with Gasteiger partial charge in [0.15, 0.2) is 0 Å². The van der Waals surface area contributed by atoms with Gasteiger partial charge in [-0.05, 0) is 18.2 Å². The number of nitrogens with zero attached hydrogens (tertiary/aromatic N) is 5. The molecule has 0 aliphatic heterocycles. The van der Waals surface area contributed by atoms with Crippen LogP contribution in [0.15, 0.2) is 41.3 Å². The van der Waals surface area contributed by atoms with Crippen LogP contribution in [0.25, 0.3) is 22.4 Å². The molecule has 174 valence electrons. The molecule has 0 saturated carbocycles. The van der Waals surface area contributed by atoms with Gasteiger partial charge in [-0.25, -0.2) is 4.98 Å². The number of carbonyl (C=O) groups is 1. The maximum atomic E-state index is 13.2. The van der Waals surface area contributed by atoms with Gasteiger partial charge in [-0.2, -0.15) is 18.2 Å². The molecule has 33 heavy (non-hydrogen) atoms. The summed E-state index contributed by atoms with van der Waals surface area (Å²) in [6.45, 7) is -0.527. The highest BCUT2D eigenvalue weighted by Crippen LogP contribution is 2.32. The summed E-state index contributed by atoms with van der Waals surface area (Å²) >= 11 is 0. The number of anilines is 1. The van der Waals surface area contributed by atoms with Crippen LogP contribution in [0.1, 0.15) is 16.4 Å². The summed E-state index contributed by atoms with van der Waals surface area (Å²) in [4.78, 5) is 20.6. The summed E-state index contributed by atoms with van der Waals surface area (Å²) in [6.07, 6.45) is -1.56. The number of rotatable bonds is 8. The van der Waals surface area contributed by atoms with Crippen molar-refractivity contribution in [3.8, 4) is 11.5 Å². The lowest BCUT2D eigenvalue weighted by Crippen LogP contribution is -2.26. The SMILES string of the molecule is COCCn1cncc1C(=O)NCc1nc(-c2cc3c(N)cccc3n2CC(F)(F)F)no1. The molecular weight excluding hydrogens is 443 g/mol. The molecule has 4 aromatic rings. The maximum Gasteiger partial charge on any atom is 0.406 e. The fourth-order valence-electron chi connectivity index (χ4n) is 3.40. The largest absolute Gasteiger partial charge is 0.406 e. The number of nitrogens with one attached hydrogen (secondary N) is 1. The number of aromatic nitrogens is 5. The first kappa shape index (κ1) is 22.3. The van der Waals surface area contributed by atoms with Gasteiger partial charge in [0.25, 0.3) is 5.91 Å². The smallest absolute Gasteiger partial charge is 0.398 e. The molecule has 0 unspecified atom stereocenters. The Morgan fingerprint density at radius 2 is 2.15 bits per heavy atom. The quantitative estimate of drug-likeness (QED) is 0.385. The Labute approximate surface area is 185 Å². The third kappa shape index (κ3) is 4.82. The number of methoxy groups -OCH3 is 1. The number of fused-ring (bicyclic) bond motifs is 1. The number of carbonyl (C=O) groups excluding carboxylic acids is 1. The molecule has 10 nitrogen and oxygen atoms in total. The fourth-order valence-corrected chi connectivity index (χ4v) is 3.40. The minimum absolute atomic E-state index is 0.0260. The van der Waals surface area contributed by atoms with Crippen molar-refractivity contribution < 1.29 is 27.2 Å². The predicted molar refractivity (Wildman–Crippen MR) is 111 cm³/mol. The van der Waals surface area contributed by atoms with Crippen LogP contribution >= 0.6 is 0 Å². The number of hydrogen-bond donors (Lipinski definition) is 2. The van der Waals surface area contributed by atoms with Crippen LogP contribution in [-0.2, 0) is 24.4 Å². The van der Waals surface area contributed by atoms with Crippen LogP contribution in [0, 0.1) is 0 Å². The molecule has 0 atom stereocenters. The van der Waals surface area contributed by atoms with Crippen LogP contribution in [0.2, 0.25) is 0 Å². The van der Waals surface area contributed by atoms with Crippen LogP contribution in [-0.4, -0.2) is 50.1 Å². The average Bonchev–Trinajstić information content (AvgIpc) is 3.49. The predicted octanol–water partition coefficient (Wildman–Crippen LogP) is 2.61. The Hall–Kier alpha value is -3.87. The Kier molecular flexibility index (Phi) is 6.05. The fraction of sp³-hybridized carbons (Fsp3) is 0.300. The van der Waals surface area contributed by atoms with Crippen molar-refractivity contribution in [2.75, 3.05) is 19.5 Å². The number of imidazole rings is 1. The minimum atomic E-state index is -4.47. The second-order valence-corrected chi connectivity index (χ2v) is 7.17. The molecule has 4 rings (SSSR count). The molecule has 0 aliphatic carbocycles. The highest BCUT2D eigenvalue weighted by Gasteiger charge is 2.31. The lowest BCUT2D eigenvalue weighted by atomic mass is 10.2. The van der Waals surface area contributed by atoms with Crippen molar-refractivity contribution in [3.05, 3.63) is 48.4 Å². The summed E-state index contributed by atoms with van der Waals surface area (Å²) < 4.78 is 52.5. The standard InChI is InChI=1S/C20H20F3N7O3/c1-32-6-5-29-11-25-8-16(29)19(31)26-9-17-27-18(28-33-17)15-7-12-13(24)3-2-4-14(12)30(15)10-20(21,22)23/h2-4,7-8,11H,5-6,9-10,24H2,1H3,(H,26,31). The van der Waals surface area contributed by atoms with Crippen molar-refractivity contribution in [3.63, 3.8) is 0 Å². The van der Waals surface area contributed by atoms with Crippen LogP contribution in [0.3, 0.4) is 0 Å². The first-order valence-electron chi connectivity index (χ1n) is 9.81. The first-order valence-corrected chi connectivity index (χ1v) is 9.81. The van der Waals surface area contributed by atoms with E-state index in [-0.39, 0.29) is 24.0 Å². The third-order valence-electron chi connectivity index (χ3n) is 4.90. The molecule has 0 fully saturated rings. The summed E-state index contributed by atoms with van der Waals surface area (Å²) in [5.74, 6) is -0.454. The minimum Gasteiger partial charge on any atom is -0.398 e. The van der Waals surface area contributed by atoms with Crippen molar-refractivity contribution in [1.82, 2.24) is 29.6 Å². The maximum absolute atomic E-state index is 13.2. The molecule has 0 aliphatic rings. The zero-order valence-electron chi connectivity index (χ0n) is 17.5. The van der Waals surface area contributed by atoms with E-state index in [0.29, 0.717) is 35.4 Å². The van der Waals surface area contributed by atoms with Gasteiger partial charge >= 0.3 is 6.18 Å². The summed E-state index contributed by atoms with van der Waals surface area (Å²) in [6, 6.07) is 6.19. The van der Waals surface area contributed by atoms with Crippen molar-refractivity contribution in [1.29, 1.82) is 0 Å². The number of benzene rings is 1. The Balaban J connectivity index is 1.55. The molecular formula is C20H20F3N7O3. The molecule has 3 aromatic heterocycles. The summed E-state index contributed by atoms with van der Waals surface area (Å²) in [5, 5.41) is 6.87. The summed E-state index contributed by atoms with van der Waals surface area (Å²) in [7, 11) is 1.55. The van der Waals surface area contributed by atoms with Crippen molar-refractivity contribution >= 4 is 22.5 Å². The van der Waals surface area contributed by atoms with Crippen molar-refractivity contribution in [2.45, 2.75) is 25.8 Å². The van der Waals surface area contributed by atoms with E-state index in [2.05, 4.69) is 20.4 Å².